The summed E-state index contributed by atoms with van der Waals surface area (Å²) in [4.78, 5) is 12.8. The van der Waals surface area contributed by atoms with E-state index in [1.165, 1.54) is 12.1 Å². The quantitative estimate of drug-likeness (QED) is 0.460. The van der Waals surface area contributed by atoms with Crippen molar-refractivity contribution in [3.63, 3.8) is 0 Å². The van der Waals surface area contributed by atoms with Gasteiger partial charge in [-0.05, 0) is 53.8 Å². The van der Waals surface area contributed by atoms with Crippen LogP contribution < -0.4 is 20.1 Å². The van der Waals surface area contributed by atoms with Crippen LogP contribution in [0.2, 0.25) is 0 Å². The van der Waals surface area contributed by atoms with Crippen LogP contribution in [0.3, 0.4) is 0 Å². The molecule has 0 bridgehead atoms. The first-order valence-electron chi connectivity index (χ1n) is 11.4. The van der Waals surface area contributed by atoms with Crippen LogP contribution in [0.5, 0.6) is 11.5 Å². The van der Waals surface area contributed by atoms with E-state index in [1.54, 1.807) is 7.05 Å². The molecular formula is C27H27F3N2O3. The van der Waals surface area contributed by atoms with Gasteiger partial charge in [0.15, 0.2) is 11.5 Å². The fourth-order valence-electron chi connectivity index (χ4n) is 4.11. The van der Waals surface area contributed by atoms with E-state index in [2.05, 4.69) is 10.6 Å². The van der Waals surface area contributed by atoms with Crippen LogP contribution in [0.4, 0.5) is 13.2 Å². The van der Waals surface area contributed by atoms with Crippen molar-refractivity contribution in [3.8, 4) is 11.5 Å². The topological polar surface area (TPSA) is 59.6 Å². The molecule has 5 nitrogen and oxygen atoms in total. The highest BCUT2D eigenvalue weighted by Crippen LogP contribution is 2.35. The SMILES string of the molecule is CNC(=O)C(N[C@H](CCc1ccc(C(F)(F)F)cc1)c1ccc2c(c1)OCCO2)c1ccccc1. The summed E-state index contributed by atoms with van der Waals surface area (Å²) in [5.41, 5.74) is 1.81. The summed E-state index contributed by atoms with van der Waals surface area (Å²) >= 11 is 0. The lowest BCUT2D eigenvalue weighted by Crippen LogP contribution is -2.38. The van der Waals surface area contributed by atoms with Crippen LogP contribution in [0.25, 0.3) is 0 Å². The zero-order valence-electron chi connectivity index (χ0n) is 19.3. The second-order valence-electron chi connectivity index (χ2n) is 8.31. The average molecular weight is 485 g/mol. The molecule has 3 aromatic carbocycles. The Hall–Kier alpha value is -3.52. The zero-order chi connectivity index (χ0) is 24.8. The lowest BCUT2D eigenvalue weighted by atomic mass is 9.95. The van der Waals surface area contributed by atoms with Gasteiger partial charge in [-0.3, -0.25) is 10.1 Å². The number of rotatable bonds is 8. The molecule has 2 atom stereocenters. The summed E-state index contributed by atoms with van der Waals surface area (Å²) in [6.45, 7) is 0.930. The van der Waals surface area contributed by atoms with Gasteiger partial charge in [0.05, 0.1) is 5.56 Å². The Morgan fingerprint density at radius 3 is 2.26 bits per heavy atom. The van der Waals surface area contributed by atoms with E-state index in [0.717, 1.165) is 28.8 Å². The smallest absolute Gasteiger partial charge is 0.416 e. The van der Waals surface area contributed by atoms with Crippen molar-refractivity contribution in [2.75, 3.05) is 20.3 Å². The minimum Gasteiger partial charge on any atom is -0.486 e. The molecule has 1 amide bonds. The molecule has 1 aliphatic heterocycles. The number of halogens is 3. The Morgan fingerprint density at radius 2 is 1.60 bits per heavy atom. The first-order valence-corrected chi connectivity index (χ1v) is 11.4. The average Bonchev–Trinajstić information content (AvgIpc) is 2.88. The van der Waals surface area contributed by atoms with Crippen LogP contribution in [-0.2, 0) is 17.4 Å². The molecule has 35 heavy (non-hydrogen) atoms. The molecule has 1 unspecified atom stereocenters. The molecule has 0 spiro atoms. The van der Waals surface area contributed by atoms with Crippen LogP contribution in [0.15, 0.2) is 72.8 Å². The third-order valence-electron chi connectivity index (χ3n) is 5.98. The van der Waals surface area contributed by atoms with Crippen molar-refractivity contribution in [2.45, 2.75) is 31.1 Å². The Balaban J connectivity index is 1.60. The van der Waals surface area contributed by atoms with E-state index < -0.39 is 17.8 Å². The van der Waals surface area contributed by atoms with Crippen molar-refractivity contribution in [3.05, 3.63) is 95.1 Å². The lowest BCUT2D eigenvalue weighted by Gasteiger charge is -2.27. The van der Waals surface area contributed by atoms with Crippen LogP contribution in [-0.4, -0.2) is 26.2 Å². The molecular weight excluding hydrogens is 457 g/mol. The van der Waals surface area contributed by atoms with Crippen molar-refractivity contribution in [1.82, 2.24) is 10.6 Å². The maximum atomic E-state index is 12.9. The summed E-state index contributed by atoms with van der Waals surface area (Å²) < 4.78 is 50.2. The highest BCUT2D eigenvalue weighted by atomic mass is 19.4. The largest absolute Gasteiger partial charge is 0.486 e. The molecule has 1 aliphatic rings. The zero-order valence-corrected chi connectivity index (χ0v) is 19.3. The van der Waals surface area contributed by atoms with Gasteiger partial charge >= 0.3 is 6.18 Å². The summed E-state index contributed by atoms with van der Waals surface area (Å²) in [6.07, 6.45) is -3.31. The number of hydrogen-bond donors (Lipinski definition) is 2. The molecule has 1 heterocycles. The minimum atomic E-state index is -4.37. The number of amides is 1. The molecule has 0 radical (unpaired) electrons. The number of ether oxygens (including phenoxy) is 2. The van der Waals surface area contributed by atoms with E-state index >= 15 is 0 Å². The lowest BCUT2D eigenvalue weighted by molar-refractivity contribution is -0.137. The van der Waals surface area contributed by atoms with E-state index in [1.807, 2.05) is 48.5 Å². The summed E-state index contributed by atoms with van der Waals surface area (Å²) in [6, 6.07) is 19.3. The highest BCUT2D eigenvalue weighted by molar-refractivity contribution is 5.83. The van der Waals surface area contributed by atoms with E-state index in [-0.39, 0.29) is 11.9 Å². The Morgan fingerprint density at radius 1 is 0.914 bits per heavy atom. The van der Waals surface area contributed by atoms with Gasteiger partial charge in [-0.1, -0.05) is 48.5 Å². The summed E-state index contributed by atoms with van der Waals surface area (Å²) in [5, 5.41) is 6.17. The van der Waals surface area contributed by atoms with Crippen molar-refractivity contribution < 1.29 is 27.4 Å². The summed E-state index contributed by atoms with van der Waals surface area (Å²) in [5.74, 6) is 1.10. The Kier molecular flexibility index (Phi) is 7.60. The van der Waals surface area contributed by atoms with Gasteiger partial charge < -0.3 is 14.8 Å². The number of likely N-dealkylation sites (N-methyl/N-ethyl adjacent to an activating group) is 1. The fraction of sp³-hybridized carbons (Fsp3) is 0.296. The van der Waals surface area contributed by atoms with Crippen molar-refractivity contribution in [1.29, 1.82) is 0 Å². The molecule has 4 rings (SSSR count). The van der Waals surface area contributed by atoms with Gasteiger partial charge in [-0.15, -0.1) is 0 Å². The standard InChI is InChI=1S/C27H27F3N2O3/c1-31-26(33)25(19-5-3-2-4-6-19)32-22(20-10-14-23-24(17-20)35-16-15-34-23)13-9-18-7-11-21(12-8-18)27(28,29)30/h2-8,10-12,14,17,22,25,32H,9,13,15-16H2,1H3,(H,31,33)/t22-,25?/m1/s1. The van der Waals surface area contributed by atoms with Gasteiger partial charge in [-0.2, -0.15) is 13.2 Å². The van der Waals surface area contributed by atoms with Crippen LogP contribution >= 0.6 is 0 Å². The molecule has 0 saturated carbocycles. The number of nitrogens with one attached hydrogen (secondary N) is 2. The second-order valence-corrected chi connectivity index (χ2v) is 8.31. The number of aryl methyl sites for hydroxylation is 1. The number of benzene rings is 3. The number of hydrogen-bond acceptors (Lipinski definition) is 4. The first-order chi connectivity index (χ1) is 16.8. The number of carbonyl (C=O) groups is 1. The van der Waals surface area contributed by atoms with Gasteiger partial charge in [-0.25, -0.2) is 0 Å². The van der Waals surface area contributed by atoms with Gasteiger partial charge in [0.1, 0.15) is 19.3 Å². The van der Waals surface area contributed by atoms with Crippen molar-refractivity contribution in [2.24, 2.45) is 0 Å². The maximum Gasteiger partial charge on any atom is 0.416 e. The second kappa shape index (κ2) is 10.8. The third kappa shape index (κ3) is 6.14. The van der Waals surface area contributed by atoms with E-state index in [9.17, 15) is 18.0 Å². The van der Waals surface area contributed by atoms with E-state index in [4.69, 9.17) is 9.47 Å². The molecule has 0 fully saturated rings. The first kappa shape index (κ1) is 24.6. The fourth-order valence-corrected chi connectivity index (χ4v) is 4.11. The molecule has 0 aliphatic carbocycles. The Bertz CT molecular complexity index is 1130. The predicted molar refractivity (Wildman–Crippen MR) is 126 cm³/mol. The molecule has 2 N–H and O–H groups in total. The van der Waals surface area contributed by atoms with Gasteiger partial charge in [0.25, 0.3) is 0 Å². The monoisotopic (exact) mass is 484 g/mol. The minimum absolute atomic E-state index is 0.187. The highest BCUT2D eigenvalue weighted by Gasteiger charge is 2.30. The van der Waals surface area contributed by atoms with Crippen molar-refractivity contribution >= 4 is 5.91 Å². The predicted octanol–water partition coefficient (Wildman–Crippen LogP) is 5.23. The van der Waals surface area contributed by atoms with Crippen LogP contribution in [0, 0.1) is 0 Å². The van der Waals surface area contributed by atoms with Gasteiger partial charge in [0, 0.05) is 13.1 Å². The molecule has 184 valence electrons. The number of carbonyl (C=O) groups excluding carboxylic acids is 1. The number of fused-ring (bicyclic) bond motifs is 1. The summed E-state index contributed by atoms with van der Waals surface area (Å²) in [7, 11) is 1.58. The molecule has 0 aromatic heterocycles. The molecule has 8 heteroatoms. The van der Waals surface area contributed by atoms with Crippen LogP contribution in [0.1, 0.15) is 40.8 Å². The third-order valence-corrected chi connectivity index (χ3v) is 5.98. The number of alkyl halides is 3. The normalized spacial score (nSPS) is 14.7. The maximum absolute atomic E-state index is 12.9. The molecule has 3 aromatic rings. The Labute approximate surface area is 202 Å². The van der Waals surface area contributed by atoms with Gasteiger partial charge in [0.2, 0.25) is 5.91 Å². The van der Waals surface area contributed by atoms with E-state index in [0.29, 0.717) is 37.6 Å². The molecule has 0 saturated heterocycles.